The van der Waals surface area contributed by atoms with Crippen molar-refractivity contribution in [2.75, 3.05) is 6.61 Å². The first kappa shape index (κ1) is 20.7. The van der Waals surface area contributed by atoms with Crippen molar-refractivity contribution >= 4 is 13.3 Å². The van der Waals surface area contributed by atoms with Gasteiger partial charge in [0.05, 0.1) is 5.41 Å². The Morgan fingerprint density at radius 3 is 2.13 bits per heavy atom. The molecule has 0 radical (unpaired) electrons. The number of hydrogen-bond donors (Lipinski definition) is 0. The van der Waals surface area contributed by atoms with Gasteiger partial charge in [-0.1, -0.05) is 5.92 Å². The topological polar surface area (TPSA) is 89.5 Å². The average Bonchev–Trinajstić information content (AvgIpc) is 1.98. The molecule has 0 heterocycles. The van der Waals surface area contributed by atoms with Crippen LogP contribution in [-0.4, -0.2) is 12.3 Å². The maximum Gasteiger partial charge on any atom is 1.00 e. The van der Waals surface area contributed by atoms with Gasteiger partial charge < -0.3 is 19.1 Å². The van der Waals surface area contributed by atoms with Crippen molar-refractivity contribution in [1.82, 2.24) is 0 Å². The van der Waals surface area contributed by atoms with E-state index in [0.717, 1.165) is 0 Å². The van der Waals surface area contributed by atoms with Crippen molar-refractivity contribution in [2.45, 2.75) is 13.8 Å². The first-order chi connectivity index (χ1) is 5.69. The molecule has 0 unspecified atom stereocenters. The van der Waals surface area contributed by atoms with E-state index in [4.69, 9.17) is 6.42 Å². The van der Waals surface area contributed by atoms with Crippen LogP contribution in [0.4, 0.5) is 4.79 Å². The Bertz CT molecular complexity index is 290. The van der Waals surface area contributed by atoms with Gasteiger partial charge in [0.1, 0.15) is 6.61 Å². The number of terminal acetylenes is 1. The van der Waals surface area contributed by atoms with Gasteiger partial charge in [-0.05, 0) is 13.8 Å². The summed E-state index contributed by atoms with van der Waals surface area (Å²) in [6, 6.07) is 0. The molecule has 15 heavy (non-hydrogen) atoms. The zero-order valence-corrected chi connectivity index (χ0v) is 10.2. The Labute approximate surface area is 113 Å². The van der Waals surface area contributed by atoms with Crippen LogP contribution in [0.15, 0.2) is 0 Å². The van der Waals surface area contributed by atoms with E-state index in [1.54, 1.807) is 13.8 Å². The van der Waals surface area contributed by atoms with Crippen LogP contribution in [0.5, 0.6) is 0 Å². The molecule has 0 bridgehead atoms. The summed E-state index contributed by atoms with van der Waals surface area (Å²) in [6.07, 6.45) is 5.03. The van der Waals surface area contributed by atoms with Gasteiger partial charge in [0, 0.05) is 7.60 Å². The maximum atomic E-state index is 10.4. The molecule has 0 amide bonds. The predicted octanol–water partition coefficient (Wildman–Crippen LogP) is -6.30. The molecule has 0 aromatic carbocycles. The molecule has 0 aromatic heterocycles. The molecule has 0 fully saturated rings. The van der Waals surface area contributed by atoms with Gasteiger partial charge >= 0.3 is 43.4 Å². The number of hydrogen-bond acceptors (Lipinski definition) is 5. The molecule has 5 nitrogen and oxygen atoms in total. The second-order valence-corrected chi connectivity index (χ2v) is 4.44. The van der Waals surface area contributed by atoms with E-state index in [1.807, 2.05) is 0 Å². The number of carbonyl (C=O) groups excluding carboxylic acids is 1. The molecule has 0 aliphatic carbocycles. The van der Waals surface area contributed by atoms with Crippen LogP contribution in [0.2, 0.25) is 0 Å². The summed E-state index contributed by atoms with van der Waals surface area (Å²) in [5.41, 5.74) is -2.54. The zero-order valence-electron chi connectivity index (χ0n) is 9.27. The van der Waals surface area contributed by atoms with Gasteiger partial charge in [0.15, 0.2) is 0 Å². The van der Waals surface area contributed by atoms with Gasteiger partial charge in [-0.25, -0.2) is 4.79 Å². The van der Waals surface area contributed by atoms with Crippen molar-refractivity contribution in [1.29, 1.82) is 0 Å². The van der Waals surface area contributed by atoms with Crippen LogP contribution in [0.3, 0.4) is 0 Å². The van der Waals surface area contributed by atoms with Gasteiger partial charge in [0.25, 0.3) is 0 Å². The molecule has 0 aliphatic rings. The molecule has 0 rings (SSSR count). The first-order valence-corrected chi connectivity index (χ1v) is 4.90. The van der Waals surface area contributed by atoms with E-state index in [-0.39, 0.29) is 44.3 Å². The van der Waals surface area contributed by atoms with E-state index in [9.17, 15) is 19.1 Å². The molecule has 8 heteroatoms. The molecular formula is C7H9Li2O5P. The van der Waals surface area contributed by atoms with Gasteiger partial charge in [-0.2, -0.15) is 0 Å². The van der Waals surface area contributed by atoms with Crippen LogP contribution in [0, 0.1) is 17.8 Å². The van der Waals surface area contributed by atoms with E-state index in [1.165, 1.54) is 0 Å². The zero-order chi connectivity index (χ0) is 10.7. The average molecular weight is 218 g/mol. The molecule has 0 spiro atoms. The van der Waals surface area contributed by atoms with E-state index >= 15 is 0 Å². The first-order valence-electron chi connectivity index (χ1n) is 3.36. The van der Waals surface area contributed by atoms with Gasteiger partial charge in [-0.15, -0.1) is 6.42 Å². The monoisotopic (exact) mass is 218 g/mol. The minimum atomic E-state index is -5.28. The summed E-state index contributed by atoms with van der Waals surface area (Å²) in [4.78, 5) is 30.6. The Morgan fingerprint density at radius 1 is 1.47 bits per heavy atom. The molecular weight excluding hydrogens is 209 g/mol. The summed E-state index contributed by atoms with van der Waals surface area (Å²) in [7, 11) is -5.28. The minimum Gasteiger partial charge on any atom is -0.803 e. The molecule has 0 aliphatic heterocycles. The minimum absolute atomic E-state index is 0. The summed E-state index contributed by atoms with van der Waals surface area (Å²) in [6.45, 7) is 2.85. The van der Waals surface area contributed by atoms with Crippen LogP contribution >= 0.6 is 7.60 Å². The summed E-state index contributed by atoms with van der Waals surface area (Å²) < 4.78 is 14.3. The number of carbonyl (C=O) groups is 1. The molecule has 0 atom stereocenters. The van der Waals surface area contributed by atoms with Crippen molar-refractivity contribution in [3.05, 3.63) is 0 Å². The molecule has 0 saturated heterocycles. The van der Waals surface area contributed by atoms with Crippen LogP contribution < -0.4 is 47.5 Å². The SMILES string of the molecule is C#CC(C)(C)COC(=O)P(=O)([O-])[O-].[Li+].[Li+]. The second-order valence-electron chi connectivity index (χ2n) is 3.08. The molecule has 74 valence electrons. The Balaban J connectivity index is -0.000000720. The number of rotatable bonds is 3. The summed E-state index contributed by atoms with van der Waals surface area (Å²) in [5, 5.41) is 0. The van der Waals surface area contributed by atoms with Crippen molar-refractivity contribution < 1.29 is 61.6 Å². The van der Waals surface area contributed by atoms with Gasteiger partial charge in [0.2, 0.25) is 0 Å². The van der Waals surface area contributed by atoms with Crippen LogP contribution in [0.25, 0.3) is 0 Å². The quantitative estimate of drug-likeness (QED) is 0.267. The smallest absolute Gasteiger partial charge is 0.803 e. The maximum absolute atomic E-state index is 10.4. The predicted molar refractivity (Wildman–Crippen MR) is 41.6 cm³/mol. The van der Waals surface area contributed by atoms with Crippen LogP contribution in [0.1, 0.15) is 13.8 Å². The summed E-state index contributed by atoms with van der Waals surface area (Å²) >= 11 is 0. The summed E-state index contributed by atoms with van der Waals surface area (Å²) in [5.74, 6) is 2.28. The molecule has 0 aromatic rings. The second kappa shape index (κ2) is 7.62. The largest absolute Gasteiger partial charge is 1.00 e. The fourth-order valence-corrected chi connectivity index (χ4v) is 0.586. The van der Waals surface area contributed by atoms with E-state index in [0.29, 0.717) is 0 Å². The standard InChI is InChI=1S/C7H11O5P.2Li/c1-4-7(2,3)5-12-6(8)13(9,10)11;;/h1H,5H2,2-3H3,(H2,9,10,11);;/q;2*+1/p-2. The third-order valence-corrected chi connectivity index (χ3v) is 1.75. The third kappa shape index (κ3) is 9.31. The Kier molecular flexibility index (Phi) is 10.5. The third-order valence-electron chi connectivity index (χ3n) is 1.17. The van der Waals surface area contributed by atoms with E-state index < -0.39 is 18.7 Å². The normalized spacial score (nSPS) is 10.3. The van der Waals surface area contributed by atoms with Crippen LogP contribution in [-0.2, 0) is 9.30 Å². The number of ether oxygens (including phenoxy) is 1. The van der Waals surface area contributed by atoms with Crippen molar-refractivity contribution in [2.24, 2.45) is 5.41 Å². The fourth-order valence-electron chi connectivity index (χ4n) is 0.363. The van der Waals surface area contributed by atoms with Crippen molar-refractivity contribution in [3.8, 4) is 12.3 Å². The Morgan fingerprint density at radius 2 is 1.87 bits per heavy atom. The Hall–Kier alpha value is 0.375. The molecule has 0 N–H and O–H groups in total. The van der Waals surface area contributed by atoms with Crippen molar-refractivity contribution in [3.63, 3.8) is 0 Å². The van der Waals surface area contributed by atoms with E-state index in [2.05, 4.69) is 10.7 Å². The van der Waals surface area contributed by atoms with Gasteiger partial charge in [-0.3, -0.25) is 0 Å². The fraction of sp³-hybridized carbons (Fsp3) is 0.571. The molecule has 0 saturated carbocycles.